The van der Waals surface area contributed by atoms with E-state index in [1.807, 2.05) is 0 Å². The number of rotatable bonds is 15. The first kappa shape index (κ1) is 30.8. The second kappa shape index (κ2) is 18.5. The van der Waals surface area contributed by atoms with Gasteiger partial charge in [-0.15, -0.1) is 24.8 Å². The summed E-state index contributed by atoms with van der Waals surface area (Å²) in [6.45, 7) is 6.63. The normalized spacial score (nSPS) is 13.4. The van der Waals surface area contributed by atoms with Crippen molar-refractivity contribution in [3.63, 3.8) is 0 Å². The first-order valence-electron chi connectivity index (χ1n) is 10.1. The Balaban J connectivity index is -0.00000288. The third-order valence-corrected chi connectivity index (χ3v) is 4.89. The molecule has 0 spiro atoms. The van der Waals surface area contributed by atoms with Crippen LogP contribution in [0.1, 0.15) is 97.8 Å². The molecule has 27 heavy (non-hydrogen) atoms. The van der Waals surface area contributed by atoms with Gasteiger partial charge in [-0.3, -0.25) is 10.8 Å². The van der Waals surface area contributed by atoms with Gasteiger partial charge < -0.3 is 22.1 Å². The first-order chi connectivity index (χ1) is 11.9. The molecule has 0 fully saturated rings. The van der Waals surface area contributed by atoms with E-state index in [4.69, 9.17) is 22.3 Å². The summed E-state index contributed by atoms with van der Waals surface area (Å²) in [5.74, 6) is 0.397. The minimum Gasteiger partial charge on any atom is -0.370 e. The first-order valence-corrected chi connectivity index (χ1v) is 10.1. The molecule has 1 atom stereocenters. The number of hydrogen-bond donors (Lipinski definition) is 6. The van der Waals surface area contributed by atoms with E-state index in [1.165, 1.54) is 38.5 Å². The van der Waals surface area contributed by atoms with Gasteiger partial charge >= 0.3 is 0 Å². The average molecular weight is 428 g/mol. The van der Waals surface area contributed by atoms with E-state index >= 15 is 0 Å². The molecule has 0 heterocycles. The summed E-state index contributed by atoms with van der Waals surface area (Å²) in [6, 6.07) is 0. The molecule has 0 saturated carbocycles. The van der Waals surface area contributed by atoms with Crippen LogP contribution in [0.5, 0.6) is 0 Å². The van der Waals surface area contributed by atoms with Crippen molar-refractivity contribution >= 4 is 36.7 Å². The Hall–Kier alpha value is -0.880. The molecule has 0 amide bonds. The van der Waals surface area contributed by atoms with Gasteiger partial charge in [0, 0.05) is 0 Å². The summed E-state index contributed by atoms with van der Waals surface area (Å²) in [5.41, 5.74) is 10.7. The summed E-state index contributed by atoms with van der Waals surface area (Å²) in [4.78, 5) is 0. The van der Waals surface area contributed by atoms with Gasteiger partial charge in [0.1, 0.15) is 5.66 Å². The maximum absolute atomic E-state index is 7.72. The van der Waals surface area contributed by atoms with Crippen molar-refractivity contribution in [2.45, 2.75) is 103 Å². The Morgan fingerprint density at radius 1 is 0.815 bits per heavy atom. The minimum absolute atomic E-state index is 0. The van der Waals surface area contributed by atoms with Crippen LogP contribution in [0, 0.1) is 16.7 Å². The highest BCUT2D eigenvalue weighted by atomic mass is 35.5. The second-order valence-electron chi connectivity index (χ2n) is 7.30. The maximum Gasteiger partial charge on any atom is 0.187 e. The lowest BCUT2D eigenvalue weighted by molar-refractivity contribution is 0.224. The van der Waals surface area contributed by atoms with Crippen LogP contribution in [0.4, 0.5) is 0 Å². The lowest BCUT2D eigenvalue weighted by atomic mass is 9.85. The number of guanidine groups is 2. The highest BCUT2D eigenvalue weighted by Gasteiger charge is 2.33. The van der Waals surface area contributed by atoms with Crippen LogP contribution in [0.15, 0.2) is 0 Å². The van der Waals surface area contributed by atoms with Gasteiger partial charge in [-0.05, 0) is 25.2 Å². The van der Waals surface area contributed by atoms with Crippen molar-refractivity contribution in [1.82, 2.24) is 10.6 Å². The standard InChI is InChI=1S/C19H42N6.2ClH/c1-4-7-9-10-11-12-14-19(24-17(20)21,25-18(22)23)15-16(6-3)13-8-5-2;;/h16H,4-15H2,1-3H3,(H4,20,21,24)(H4,22,23,25);2*1H. The summed E-state index contributed by atoms with van der Waals surface area (Å²) in [5, 5.41) is 21.6. The number of unbranched alkanes of at least 4 members (excludes halogenated alkanes) is 6. The fraction of sp³-hybridized carbons (Fsp3) is 0.895. The average Bonchev–Trinajstić information content (AvgIpc) is 2.53. The van der Waals surface area contributed by atoms with E-state index in [0.29, 0.717) is 5.92 Å². The molecule has 0 aromatic carbocycles. The van der Waals surface area contributed by atoms with Crippen molar-refractivity contribution in [3.8, 4) is 0 Å². The van der Waals surface area contributed by atoms with Crippen LogP contribution in [0.3, 0.4) is 0 Å². The Morgan fingerprint density at radius 3 is 1.74 bits per heavy atom. The fourth-order valence-electron chi connectivity index (χ4n) is 3.52. The van der Waals surface area contributed by atoms with Crippen molar-refractivity contribution in [1.29, 1.82) is 10.8 Å². The molecule has 8 N–H and O–H groups in total. The number of hydrogen-bond acceptors (Lipinski definition) is 2. The molecule has 164 valence electrons. The molecule has 1 unspecified atom stereocenters. The molecule has 0 aliphatic carbocycles. The van der Waals surface area contributed by atoms with E-state index < -0.39 is 5.66 Å². The smallest absolute Gasteiger partial charge is 0.187 e. The minimum atomic E-state index is -0.586. The van der Waals surface area contributed by atoms with E-state index in [-0.39, 0.29) is 36.7 Å². The maximum atomic E-state index is 7.72. The predicted molar refractivity (Wildman–Crippen MR) is 123 cm³/mol. The largest absolute Gasteiger partial charge is 0.370 e. The van der Waals surface area contributed by atoms with Crippen LogP contribution < -0.4 is 22.1 Å². The summed E-state index contributed by atoms with van der Waals surface area (Å²) < 4.78 is 0. The van der Waals surface area contributed by atoms with Gasteiger partial charge in [-0.2, -0.15) is 0 Å². The number of nitrogens with two attached hydrogens (primary N) is 2. The SMILES string of the molecule is CCCCCCCCC(CC(CC)CCCC)(NC(=N)N)NC(=N)N.Cl.Cl. The third kappa shape index (κ3) is 15.8. The molecule has 0 radical (unpaired) electrons. The molecule has 0 aromatic heterocycles. The Morgan fingerprint density at radius 2 is 1.30 bits per heavy atom. The molecule has 0 aromatic rings. The Bertz CT molecular complexity index is 363. The van der Waals surface area contributed by atoms with Crippen molar-refractivity contribution in [2.75, 3.05) is 0 Å². The molecule has 8 heteroatoms. The Kier molecular flexibility index (Phi) is 21.1. The quantitative estimate of drug-likeness (QED) is 0.0967. The monoisotopic (exact) mass is 426 g/mol. The topological polar surface area (TPSA) is 124 Å². The van der Waals surface area contributed by atoms with Crippen LogP contribution in [0.25, 0.3) is 0 Å². The lowest BCUT2D eigenvalue weighted by Gasteiger charge is -2.39. The molecule has 0 aliphatic rings. The molecule has 0 bridgehead atoms. The van der Waals surface area contributed by atoms with E-state index in [1.54, 1.807) is 0 Å². The van der Waals surface area contributed by atoms with Crippen LogP contribution >= 0.6 is 24.8 Å². The van der Waals surface area contributed by atoms with Crippen molar-refractivity contribution in [3.05, 3.63) is 0 Å². The summed E-state index contributed by atoms with van der Waals surface area (Å²) in [7, 11) is 0. The van der Waals surface area contributed by atoms with Crippen LogP contribution in [-0.4, -0.2) is 17.6 Å². The zero-order valence-corrected chi connectivity index (χ0v) is 19.2. The van der Waals surface area contributed by atoms with E-state index in [2.05, 4.69) is 31.4 Å². The molecular formula is C19H44Cl2N6. The molecule has 0 aliphatic heterocycles. The van der Waals surface area contributed by atoms with Crippen molar-refractivity contribution < 1.29 is 0 Å². The third-order valence-electron chi connectivity index (χ3n) is 4.89. The van der Waals surface area contributed by atoms with Gasteiger partial charge in [0.2, 0.25) is 0 Å². The lowest BCUT2D eigenvalue weighted by Crippen LogP contribution is -2.63. The summed E-state index contributed by atoms with van der Waals surface area (Å²) in [6.07, 6.45) is 13.5. The van der Waals surface area contributed by atoms with Gasteiger partial charge in [0.05, 0.1) is 0 Å². The van der Waals surface area contributed by atoms with Gasteiger partial charge in [0.15, 0.2) is 11.9 Å². The highest BCUT2D eigenvalue weighted by molar-refractivity contribution is 5.85. The molecule has 6 nitrogen and oxygen atoms in total. The summed E-state index contributed by atoms with van der Waals surface area (Å²) >= 11 is 0. The number of nitrogens with one attached hydrogen (secondary N) is 4. The zero-order chi connectivity index (χ0) is 19.1. The second-order valence-corrected chi connectivity index (χ2v) is 7.30. The molecule has 0 rings (SSSR count). The highest BCUT2D eigenvalue weighted by Crippen LogP contribution is 2.27. The van der Waals surface area contributed by atoms with E-state index in [0.717, 1.165) is 38.5 Å². The van der Waals surface area contributed by atoms with Crippen LogP contribution in [0.2, 0.25) is 0 Å². The number of halogens is 2. The molecular weight excluding hydrogens is 383 g/mol. The fourth-order valence-corrected chi connectivity index (χ4v) is 3.52. The van der Waals surface area contributed by atoms with Gasteiger partial charge in [-0.1, -0.05) is 78.6 Å². The zero-order valence-electron chi connectivity index (χ0n) is 17.5. The van der Waals surface area contributed by atoms with E-state index in [9.17, 15) is 0 Å². The van der Waals surface area contributed by atoms with Gasteiger partial charge in [-0.25, -0.2) is 0 Å². The van der Waals surface area contributed by atoms with Crippen LogP contribution in [-0.2, 0) is 0 Å². The van der Waals surface area contributed by atoms with Gasteiger partial charge in [0.25, 0.3) is 0 Å². The molecule has 0 saturated heterocycles. The predicted octanol–water partition coefficient (Wildman–Crippen LogP) is 4.85. The Labute approximate surface area is 179 Å². The van der Waals surface area contributed by atoms with Crippen molar-refractivity contribution in [2.24, 2.45) is 17.4 Å².